The van der Waals surface area contributed by atoms with Crippen molar-refractivity contribution in [2.45, 2.75) is 0 Å². The van der Waals surface area contributed by atoms with Crippen molar-refractivity contribution in [3.63, 3.8) is 0 Å². The number of hydrogen-bond donors (Lipinski definition) is 0. The Labute approximate surface area is 243 Å². The van der Waals surface area contributed by atoms with Crippen molar-refractivity contribution in [1.82, 2.24) is 0 Å². The van der Waals surface area contributed by atoms with Gasteiger partial charge in [-0.3, -0.25) is 0 Å². The highest BCUT2D eigenvalue weighted by Gasteiger charge is 2.32. The van der Waals surface area contributed by atoms with Crippen molar-refractivity contribution in [1.29, 1.82) is 5.26 Å². The Morgan fingerprint density at radius 2 is 0.762 bits per heavy atom. The molecule has 6 aromatic carbocycles. The van der Waals surface area contributed by atoms with Gasteiger partial charge in [-0.2, -0.15) is 5.26 Å². The third-order valence-corrected chi connectivity index (χ3v) is 7.67. The fourth-order valence-corrected chi connectivity index (χ4v) is 5.84. The summed E-state index contributed by atoms with van der Waals surface area (Å²) < 4.78 is 12.7. The Hall–Kier alpha value is -5.99. The highest BCUT2D eigenvalue weighted by Crippen LogP contribution is 2.57. The number of nitrogens with zero attached hydrogens (tertiary/aromatic N) is 3. The zero-order valence-electron chi connectivity index (χ0n) is 22.4. The third kappa shape index (κ3) is 3.71. The molecule has 8 rings (SSSR count). The molecule has 0 amide bonds. The number of hydrogen-bond acceptors (Lipinski definition) is 5. The smallest absolute Gasteiger partial charge is 0.151 e. The van der Waals surface area contributed by atoms with Crippen LogP contribution in [-0.2, 0) is 0 Å². The van der Waals surface area contributed by atoms with Crippen molar-refractivity contribution in [2.24, 2.45) is 0 Å². The molecule has 6 aromatic rings. The first-order chi connectivity index (χ1) is 20.8. The molecule has 0 atom stereocenters. The standard InChI is InChI=1S/C37H23N3O2/c38-24-25-20-22-26(23-21-25)37-31(39-27-10-1-5-16-33(27)41-34-17-6-2-11-28(34)39)14-9-15-32(37)40-29-12-3-7-18-35(29)42-36-19-8-4-13-30(36)40/h1-23H. The molecular weight excluding hydrogens is 518 g/mol. The topological polar surface area (TPSA) is 48.7 Å². The molecule has 0 N–H and O–H groups in total. The number of rotatable bonds is 3. The largest absolute Gasteiger partial charge is 0.453 e. The number of anilines is 6. The molecule has 0 aliphatic carbocycles. The molecule has 5 heteroatoms. The molecular formula is C37H23N3O2. The molecule has 0 unspecified atom stereocenters. The molecule has 2 aliphatic rings. The van der Waals surface area contributed by atoms with Crippen molar-refractivity contribution in [2.75, 3.05) is 9.80 Å². The number of fused-ring (bicyclic) bond motifs is 4. The van der Waals surface area contributed by atoms with E-state index in [1.807, 2.05) is 97.1 Å². The first-order valence-electron chi connectivity index (χ1n) is 13.8. The molecule has 0 aromatic heterocycles. The van der Waals surface area contributed by atoms with Gasteiger partial charge < -0.3 is 19.3 Å². The fourth-order valence-electron chi connectivity index (χ4n) is 5.84. The lowest BCUT2D eigenvalue weighted by molar-refractivity contribution is 0.477. The molecule has 0 saturated carbocycles. The molecule has 0 fully saturated rings. The maximum Gasteiger partial charge on any atom is 0.151 e. The second kappa shape index (κ2) is 9.58. The summed E-state index contributed by atoms with van der Waals surface area (Å²) in [5.74, 6) is 3.15. The van der Waals surface area contributed by atoms with Crippen LogP contribution in [0.1, 0.15) is 5.56 Å². The average molecular weight is 542 g/mol. The fraction of sp³-hybridized carbons (Fsp3) is 0. The normalized spacial score (nSPS) is 12.5. The lowest BCUT2D eigenvalue weighted by atomic mass is 9.96. The molecule has 5 nitrogen and oxygen atoms in total. The first kappa shape index (κ1) is 23.9. The number of benzene rings is 6. The number of para-hydroxylation sites is 8. The van der Waals surface area contributed by atoms with Gasteiger partial charge in [-0.25, -0.2) is 0 Å². The van der Waals surface area contributed by atoms with E-state index in [0.717, 1.165) is 68.2 Å². The van der Waals surface area contributed by atoms with E-state index in [9.17, 15) is 5.26 Å². The quantitative estimate of drug-likeness (QED) is 0.223. The predicted octanol–water partition coefficient (Wildman–Crippen LogP) is 10.4. The van der Waals surface area contributed by atoms with Gasteiger partial charge in [0.15, 0.2) is 23.0 Å². The Morgan fingerprint density at radius 3 is 1.14 bits per heavy atom. The highest BCUT2D eigenvalue weighted by atomic mass is 16.5. The SMILES string of the molecule is N#Cc1ccc(-c2c(N3c4ccccc4Oc4ccccc43)cccc2N2c3ccccc3Oc3ccccc32)cc1. The van der Waals surface area contributed by atoms with Gasteiger partial charge in [0, 0.05) is 5.56 Å². The first-order valence-corrected chi connectivity index (χ1v) is 13.8. The lowest BCUT2D eigenvalue weighted by Crippen LogP contribution is -2.19. The molecule has 42 heavy (non-hydrogen) atoms. The maximum absolute atomic E-state index is 9.56. The Balaban J connectivity index is 1.45. The minimum atomic E-state index is 0.613. The van der Waals surface area contributed by atoms with Gasteiger partial charge in [0.25, 0.3) is 0 Å². The van der Waals surface area contributed by atoms with Crippen LogP contribution < -0.4 is 19.3 Å². The van der Waals surface area contributed by atoms with Crippen LogP contribution in [0.5, 0.6) is 23.0 Å². The minimum absolute atomic E-state index is 0.613. The van der Waals surface area contributed by atoms with Gasteiger partial charge in [0.1, 0.15) is 0 Å². The Kier molecular flexibility index (Phi) is 5.44. The number of ether oxygens (including phenoxy) is 2. The monoisotopic (exact) mass is 541 g/mol. The lowest BCUT2D eigenvalue weighted by Gasteiger charge is -2.37. The van der Waals surface area contributed by atoms with Crippen molar-refractivity contribution >= 4 is 34.1 Å². The minimum Gasteiger partial charge on any atom is -0.453 e. The molecule has 2 aliphatic heterocycles. The molecule has 198 valence electrons. The summed E-state index contributed by atoms with van der Waals surface area (Å²) in [7, 11) is 0. The van der Waals surface area contributed by atoms with E-state index in [1.54, 1.807) is 0 Å². The third-order valence-electron chi connectivity index (χ3n) is 7.67. The van der Waals surface area contributed by atoms with Crippen LogP contribution in [0.25, 0.3) is 11.1 Å². The van der Waals surface area contributed by atoms with E-state index >= 15 is 0 Å². The van der Waals surface area contributed by atoms with E-state index in [1.165, 1.54) is 0 Å². The van der Waals surface area contributed by atoms with Gasteiger partial charge >= 0.3 is 0 Å². The van der Waals surface area contributed by atoms with Crippen molar-refractivity contribution < 1.29 is 9.47 Å². The van der Waals surface area contributed by atoms with Crippen LogP contribution in [0.2, 0.25) is 0 Å². The summed E-state index contributed by atoms with van der Waals surface area (Å²) in [6.07, 6.45) is 0. The van der Waals surface area contributed by atoms with Crippen LogP contribution in [0.4, 0.5) is 34.1 Å². The molecule has 0 radical (unpaired) electrons. The molecule has 0 bridgehead atoms. The van der Waals surface area contributed by atoms with Crippen LogP contribution in [-0.4, -0.2) is 0 Å². The van der Waals surface area contributed by atoms with Gasteiger partial charge in [-0.15, -0.1) is 0 Å². The summed E-state index contributed by atoms with van der Waals surface area (Å²) in [5.41, 5.74) is 8.39. The zero-order valence-corrected chi connectivity index (χ0v) is 22.4. The van der Waals surface area contributed by atoms with Gasteiger partial charge in [0.05, 0.1) is 45.8 Å². The Bertz CT molecular complexity index is 1820. The van der Waals surface area contributed by atoms with Crippen molar-refractivity contribution in [3.8, 4) is 40.2 Å². The summed E-state index contributed by atoms with van der Waals surface area (Å²) in [5, 5.41) is 9.56. The van der Waals surface area contributed by atoms with E-state index < -0.39 is 0 Å². The van der Waals surface area contributed by atoms with Crippen LogP contribution in [0, 0.1) is 11.3 Å². The van der Waals surface area contributed by atoms with Crippen LogP contribution in [0.15, 0.2) is 140 Å². The predicted molar refractivity (Wildman–Crippen MR) is 166 cm³/mol. The summed E-state index contributed by atoms with van der Waals surface area (Å²) in [6.45, 7) is 0. The van der Waals surface area contributed by atoms with Crippen molar-refractivity contribution in [3.05, 3.63) is 145 Å². The van der Waals surface area contributed by atoms with Gasteiger partial charge in [0.2, 0.25) is 0 Å². The van der Waals surface area contributed by atoms with E-state index in [2.05, 4.69) is 58.3 Å². The Morgan fingerprint density at radius 1 is 0.405 bits per heavy atom. The van der Waals surface area contributed by atoms with Gasteiger partial charge in [-0.05, 0) is 78.4 Å². The highest BCUT2D eigenvalue weighted by molar-refractivity contribution is 6.01. The van der Waals surface area contributed by atoms with E-state index in [0.29, 0.717) is 5.56 Å². The zero-order chi connectivity index (χ0) is 28.0. The second-order valence-corrected chi connectivity index (χ2v) is 10.1. The maximum atomic E-state index is 9.56. The number of nitriles is 1. The van der Waals surface area contributed by atoms with Crippen LogP contribution >= 0.6 is 0 Å². The molecule has 2 heterocycles. The second-order valence-electron chi connectivity index (χ2n) is 10.1. The molecule has 0 saturated heterocycles. The summed E-state index contributed by atoms with van der Waals surface area (Å²) >= 11 is 0. The van der Waals surface area contributed by atoms with E-state index in [-0.39, 0.29) is 0 Å². The summed E-state index contributed by atoms with van der Waals surface area (Å²) in [4.78, 5) is 4.53. The van der Waals surface area contributed by atoms with Gasteiger partial charge in [-0.1, -0.05) is 66.7 Å². The average Bonchev–Trinajstić information content (AvgIpc) is 3.06. The van der Waals surface area contributed by atoms with E-state index in [4.69, 9.17) is 9.47 Å². The molecule has 0 spiro atoms. The summed E-state index contributed by atoms with van der Waals surface area (Å²) in [6, 6.07) is 48.9. The van der Waals surface area contributed by atoms with Crippen LogP contribution in [0.3, 0.4) is 0 Å².